The zero-order valence-electron chi connectivity index (χ0n) is 15.1. The van der Waals surface area contributed by atoms with Crippen molar-refractivity contribution in [2.75, 3.05) is 25.9 Å². The SMILES string of the molecule is C[N+](=O)N1CC(NC(=O)c2cnc(N)c3nc(-c4cccc(F)c4)ccc23)C1. The molecule has 3 aromatic rings. The third-order valence-electron chi connectivity index (χ3n) is 4.72. The zero-order chi connectivity index (χ0) is 19.8. The molecular weight excluding hydrogens is 363 g/mol. The molecule has 0 saturated carbocycles. The Bertz CT molecular complexity index is 1100. The number of hydrogen-bond donors (Lipinski definition) is 2. The third-order valence-corrected chi connectivity index (χ3v) is 4.72. The number of nitrogens with two attached hydrogens (primary N) is 1. The van der Waals surface area contributed by atoms with Crippen LogP contribution in [0.25, 0.3) is 22.2 Å². The van der Waals surface area contributed by atoms with E-state index in [0.717, 1.165) is 4.87 Å². The number of amides is 1. The molecule has 1 amide bonds. The number of nitrogen functional groups attached to an aromatic ring is 1. The van der Waals surface area contributed by atoms with Gasteiger partial charge in [0.15, 0.2) is 0 Å². The first-order chi connectivity index (χ1) is 13.4. The van der Waals surface area contributed by atoms with Gasteiger partial charge in [0.2, 0.25) is 7.05 Å². The van der Waals surface area contributed by atoms with Crippen LogP contribution < -0.4 is 11.1 Å². The van der Waals surface area contributed by atoms with Crippen LogP contribution in [-0.4, -0.2) is 51.9 Å². The van der Waals surface area contributed by atoms with Crippen LogP contribution in [0.4, 0.5) is 10.2 Å². The van der Waals surface area contributed by atoms with Crippen molar-refractivity contribution in [3.05, 3.63) is 58.9 Å². The summed E-state index contributed by atoms with van der Waals surface area (Å²) in [6.45, 7) is 0.905. The maximum Gasteiger partial charge on any atom is 0.253 e. The molecule has 0 spiro atoms. The Morgan fingerprint density at radius 2 is 2.11 bits per heavy atom. The van der Waals surface area contributed by atoms with Crippen LogP contribution in [-0.2, 0) is 0 Å². The minimum Gasteiger partial charge on any atom is -0.382 e. The van der Waals surface area contributed by atoms with Gasteiger partial charge in [-0.3, -0.25) is 4.79 Å². The van der Waals surface area contributed by atoms with Crippen molar-refractivity contribution in [2.45, 2.75) is 6.04 Å². The molecule has 3 heterocycles. The van der Waals surface area contributed by atoms with Crippen LogP contribution in [0, 0.1) is 10.7 Å². The van der Waals surface area contributed by atoms with Crippen LogP contribution in [0.5, 0.6) is 0 Å². The summed E-state index contributed by atoms with van der Waals surface area (Å²) in [5, 5.41) is 5.00. The highest BCUT2D eigenvalue weighted by Crippen LogP contribution is 2.26. The minimum atomic E-state index is -0.364. The second-order valence-electron chi connectivity index (χ2n) is 6.67. The Kier molecular flexibility index (Phi) is 4.34. The van der Waals surface area contributed by atoms with E-state index in [1.165, 1.54) is 25.4 Å². The lowest BCUT2D eigenvalue weighted by molar-refractivity contribution is -0.699. The molecule has 3 N–H and O–H groups in total. The van der Waals surface area contributed by atoms with Gasteiger partial charge in [0.25, 0.3) is 5.91 Å². The standard InChI is InChI=1S/C19H17FN6O2/c1-25(28)26-9-13(10-26)23-19(27)15-8-22-18(21)17-14(15)5-6-16(24-17)11-3-2-4-12(20)7-11/h2-8,13H,9-10H2,1H3,(H2-,21,22,23,27)/p+1. The number of hydrogen-bond acceptors (Lipinski definition) is 5. The fourth-order valence-electron chi connectivity index (χ4n) is 3.17. The van der Waals surface area contributed by atoms with Gasteiger partial charge in [0.05, 0.1) is 35.3 Å². The molecule has 1 saturated heterocycles. The largest absolute Gasteiger partial charge is 0.382 e. The lowest BCUT2D eigenvalue weighted by Gasteiger charge is -2.32. The Morgan fingerprint density at radius 3 is 2.82 bits per heavy atom. The second-order valence-corrected chi connectivity index (χ2v) is 6.67. The molecule has 0 aliphatic carbocycles. The van der Waals surface area contributed by atoms with Gasteiger partial charge in [-0.2, -0.15) is 0 Å². The number of fused-ring (bicyclic) bond motifs is 1. The van der Waals surface area contributed by atoms with Crippen LogP contribution in [0.2, 0.25) is 0 Å². The smallest absolute Gasteiger partial charge is 0.253 e. The highest BCUT2D eigenvalue weighted by Gasteiger charge is 2.35. The number of aromatic nitrogens is 2. The number of benzene rings is 1. The number of carbonyl (C=O) groups excluding carboxylic acids is 1. The van der Waals surface area contributed by atoms with Gasteiger partial charge in [-0.15, -0.1) is 5.01 Å². The van der Waals surface area contributed by atoms with E-state index in [1.807, 2.05) is 0 Å². The first kappa shape index (κ1) is 17.8. The first-order valence-electron chi connectivity index (χ1n) is 8.70. The molecule has 8 nitrogen and oxygen atoms in total. The number of nitroso groups, excluding NO2 is 1. The summed E-state index contributed by atoms with van der Waals surface area (Å²) in [7, 11) is 1.41. The van der Waals surface area contributed by atoms with Gasteiger partial charge >= 0.3 is 0 Å². The molecule has 0 radical (unpaired) electrons. The minimum absolute atomic E-state index is 0.115. The zero-order valence-corrected chi connectivity index (χ0v) is 15.1. The average molecular weight is 381 g/mol. The van der Waals surface area contributed by atoms with Gasteiger partial charge in [-0.1, -0.05) is 12.1 Å². The lowest BCUT2D eigenvalue weighted by atomic mass is 10.1. The van der Waals surface area contributed by atoms with Crippen LogP contribution in [0.15, 0.2) is 42.6 Å². The van der Waals surface area contributed by atoms with Crippen LogP contribution in [0.1, 0.15) is 10.4 Å². The number of hydrazine groups is 1. The summed E-state index contributed by atoms with van der Waals surface area (Å²) in [6, 6.07) is 9.41. The summed E-state index contributed by atoms with van der Waals surface area (Å²) in [6.07, 6.45) is 1.41. The number of halogens is 1. The molecule has 9 heteroatoms. The Balaban J connectivity index is 1.64. The number of nitrogens with one attached hydrogen (secondary N) is 1. The maximum absolute atomic E-state index is 13.5. The molecule has 2 aromatic heterocycles. The number of rotatable bonds is 4. The highest BCUT2D eigenvalue weighted by molar-refractivity contribution is 6.08. The Morgan fingerprint density at radius 1 is 1.32 bits per heavy atom. The van der Waals surface area contributed by atoms with Gasteiger partial charge in [-0.05, 0) is 24.3 Å². The number of carbonyl (C=O) groups is 1. The monoisotopic (exact) mass is 381 g/mol. The molecule has 0 bridgehead atoms. The number of pyridine rings is 2. The molecular formula is C19H18FN6O2+. The summed E-state index contributed by atoms with van der Waals surface area (Å²) >= 11 is 0. The van der Waals surface area contributed by atoms with Crippen molar-refractivity contribution < 1.29 is 14.1 Å². The summed E-state index contributed by atoms with van der Waals surface area (Å²) < 4.78 is 13.5. The molecule has 1 fully saturated rings. The average Bonchev–Trinajstić information content (AvgIpc) is 2.64. The van der Waals surface area contributed by atoms with E-state index in [-0.39, 0.29) is 23.6 Å². The van der Waals surface area contributed by atoms with Crippen molar-refractivity contribution in [1.82, 2.24) is 20.3 Å². The maximum atomic E-state index is 13.5. The van der Waals surface area contributed by atoms with E-state index in [9.17, 15) is 14.1 Å². The molecule has 4 rings (SSSR count). The molecule has 0 unspecified atom stereocenters. The van der Waals surface area contributed by atoms with E-state index in [4.69, 9.17) is 5.73 Å². The lowest BCUT2D eigenvalue weighted by Crippen LogP contribution is -2.61. The van der Waals surface area contributed by atoms with Gasteiger partial charge in [0, 0.05) is 17.1 Å². The van der Waals surface area contributed by atoms with Crippen molar-refractivity contribution in [3.63, 3.8) is 0 Å². The van der Waals surface area contributed by atoms with Gasteiger partial charge in [-0.25, -0.2) is 14.4 Å². The van der Waals surface area contributed by atoms with E-state index in [2.05, 4.69) is 15.3 Å². The van der Waals surface area contributed by atoms with Gasteiger partial charge < -0.3 is 11.1 Å². The van der Waals surface area contributed by atoms with E-state index in [0.29, 0.717) is 40.8 Å². The molecule has 1 aliphatic rings. The molecule has 1 aromatic carbocycles. The predicted molar refractivity (Wildman–Crippen MR) is 102 cm³/mol. The van der Waals surface area contributed by atoms with Crippen molar-refractivity contribution >= 4 is 22.6 Å². The quantitative estimate of drug-likeness (QED) is 0.668. The summed E-state index contributed by atoms with van der Waals surface area (Å²) in [5.41, 5.74) is 7.83. The second kappa shape index (κ2) is 6.84. The van der Waals surface area contributed by atoms with E-state index >= 15 is 0 Å². The number of nitrogens with zero attached hydrogens (tertiary/aromatic N) is 4. The molecule has 0 atom stereocenters. The summed E-state index contributed by atoms with van der Waals surface area (Å²) in [5.74, 6) is -0.486. The van der Waals surface area contributed by atoms with Crippen molar-refractivity contribution in [1.29, 1.82) is 0 Å². The van der Waals surface area contributed by atoms with E-state index in [1.54, 1.807) is 29.3 Å². The molecule has 142 valence electrons. The van der Waals surface area contributed by atoms with Gasteiger partial charge in [0.1, 0.15) is 22.0 Å². The first-order valence-corrected chi connectivity index (χ1v) is 8.70. The highest BCUT2D eigenvalue weighted by atomic mass is 19.1. The van der Waals surface area contributed by atoms with Crippen LogP contribution >= 0.6 is 0 Å². The van der Waals surface area contributed by atoms with Crippen molar-refractivity contribution in [2.24, 2.45) is 0 Å². The molecule has 1 aliphatic heterocycles. The fraction of sp³-hybridized carbons (Fsp3) is 0.211. The fourth-order valence-corrected chi connectivity index (χ4v) is 3.17. The topological polar surface area (TPSA) is 104 Å². The van der Waals surface area contributed by atoms with E-state index < -0.39 is 0 Å². The normalized spacial score (nSPS) is 14.0. The number of anilines is 1. The Labute approximate surface area is 159 Å². The third kappa shape index (κ3) is 3.22. The summed E-state index contributed by atoms with van der Waals surface area (Å²) in [4.78, 5) is 33.2. The van der Waals surface area contributed by atoms with Crippen LogP contribution in [0.3, 0.4) is 0 Å². The predicted octanol–water partition coefficient (Wildman–Crippen LogP) is 1.76. The Hall–Kier alpha value is -3.62. The molecule has 28 heavy (non-hydrogen) atoms. The van der Waals surface area contributed by atoms with Crippen molar-refractivity contribution in [3.8, 4) is 11.3 Å².